The molecular formula is C11H9ClF2N4O2. The number of hydrogen-bond donors (Lipinski definition) is 2. The zero-order valence-electron chi connectivity index (χ0n) is 10.2. The highest BCUT2D eigenvalue weighted by Crippen LogP contribution is 2.35. The van der Waals surface area contributed by atoms with E-state index in [-0.39, 0.29) is 11.3 Å². The van der Waals surface area contributed by atoms with E-state index in [2.05, 4.69) is 15.2 Å². The fourth-order valence-corrected chi connectivity index (χ4v) is 1.79. The fraction of sp³-hybridized carbons (Fsp3) is 0.273. The van der Waals surface area contributed by atoms with E-state index < -0.39 is 34.3 Å². The van der Waals surface area contributed by atoms with Gasteiger partial charge >= 0.3 is 5.69 Å². The third kappa shape index (κ3) is 2.60. The number of nitrogens with one attached hydrogen (secondary N) is 2. The highest BCUT2D eigenvalue weighted by molar-refractivity contribution is 6.30. The Balaban J connectivity index is 2.63. The van der Waals surface area contributed by atoms with Gasteiger partial charge in [-0.15, -0.1) is 10.2 Å². The first-order chi connectivity index (χ1) is 9.35. The van der Waals surface area contributed by atoms with Crippen molar-refractivity contribution >= 4 is 11.6 Å². The van der Waals surface area contributed by atoms with Crippen LogP contribution < -0.4 is 11.2 Å². The quantitative estimate of drug-likeness (QED) is 0.902. The Morgan fingerprint density at radius 1 is 1.35 bits per heavy atom. The molecule has 0 aliphatic carbocycles. The lowest BCUT2D eigenvalue weighted by Crippen LogP contribution is -2.23. The molecule has 0 unspecified atom stereocenters. The number of rotatable bonds is 3. The zero-order chi connectivity index (χ0) is 14.9. The van der Waals surface area contributed by atoms with Crippen molar-refractivity contribution in [2.24, 2.45) is 0 Å². The van der Waals surface area contributed by atoms with E-state index in [0.29, 0.717) is 0 Å². The SMILES string of the molecule is CCC(F)(F)c1cc(-c2c[nH]c(=O)[nH]c2=O)nnc1Cl. The van der Waals surface area contributed by atoms with Gasteiger partial charge in [0.05, 0.1) is 11.1 Å². The molecule has 0 saturated carbocycles. The summed E-state index contributed by atoms with van der Waals surface area (Å²) in [7, 11) is 0. The van der Waals surface area contributed by atoms with Gasteiger partial charge in [0.2, 0.25) is 0 Å². The van der Waals surface area contributed by atoms with Crippen LogP contribution in [0.1, 0.15) is 18.9 Å². The molecule has 0 atom stereocenters. The van der Waals surface area contributed by atoms with Crippen LogP contribution in [0, 0.1) is 0 Å². The van der Waals surface area contributed by atoms with E-state index >= 15 is 0 Å². The number of aromatic amines is 2. The molecule has 2 aromatic rings. The maximum Gasteiger partial charge on any atom is 0.325 e. The van der Waals surface area contributed by atoms with Crippen LogP contribution in [0.3, 0.4) is 0 Å². The third-order valence-corrected chi connectivity index (χ3v) is 2.96. The predicted octanol–water partition coefficient (Wildman–Crippen LogP) is 1.68. The first kappa shape index (κ1) is 14.3. The van der Waals surface area contributed by atoms with Gasteiger partial charge in [0, 0.05) is 12.6 Å². The normalized spacial score (nSPS) is 11.6. The Hall–Kier alpha value is -2.09. The van der Waals surface area contributed by atoms with Gasteiger partial charge < -0.3 is 4.98 Å². The van der Waals surface area contributed by atoms with Crippen LogP contribution in [0.25, 0.3) is 11.3 Å². The minimum atomic E-state index is -3.18. The molecule has 0 spiro atoms. The average Bonchev–Trinajstić information content (AvgIpc) is 2.39. The van der Waals surface area contributed by atoms with Gasteiger partial charge in [0.15, 0.2) is 5.15 Å². The molecule has 9 heteroatoms. The summed E-state index contributed by atoms with van der Waals surface area (Å²) in [6, 6.07) is 0.988. The number of aromatic nitrogens is 4. The number of halogens is 3. The van der Waals surface area contributed by atoms with Crippen molar-refractivity contribution in [2.75, 3.05) is 0 Å². The summed E-state index contributed by atoms with van der Waals surface area (Å²) < 4.78 is 27.4. The molecule has 20 heavy (non-hydrogen) atoms. The van der Waals surface area contributed by atoms with Gasteiger partial charge in [0.25, 0.3) is 11.5 Å². The molecule has 6 nitrogen and oxygen atoms in total. The Labute approximate surface area is 115 Å². The summed E-state index contributed by atoms with van der Waals surface area (Å²) in [5.74, 6) is -3.18. The van der Waals surface area contributed by atoms with Crippen LogP contribution in [0.15, 0.2) is 21.9 Å². The van der Waals surface area contributed by atoms with E-state index in [1.165, 1.54) is 6.92 Å². The lowest BCUT2D eigenvalue weighted by Gasteiger charge is -2.15. The molecule has 0 aromatic carbocycles. The minimum absolute atomic E-state index is 0.0816. The monoisotopic (exact) mass is 302 g/mol. The zero-order valence-corrected chi connectivity index (χ0v) is 11.0. The van der Waals surface area contributed by atoms with Crippen molar-refractivity contribution in [1.29, 1.82) is 0 Å². The molecule has 0 aliphatic rings. The fourth-order valence-electron chi connectivity index (χ4n) is 1.56. The average molecular weight is 303 g/mol. The van der Waals surface area contributed by atoms with Gasteiger partial charge in [0.1, 0.15) is 5.69 Å². The van der Waals surface area contributed by atoms with Crippen molar-refractivity contribution in [2.45, 2.75) is 19.3 Å². The number of alkyl halides is 2. The predicted molar refractivity (Wildman–Crippen MR) is 67.9 cm³/mol. The van der Waals surface area contributed by atoms with Gasteiger partial charge in [-0.3, -0.25) is 9.78 Å². The molecule has 2 N–H and O–H groups in total. The van der Waals surface area contributed by atoms with Crippen molar-refractivity contribution < 1.29 is 8.78 Å². The first-order valence-corrected chi connectivity index (χ1v) is 5.97. The molecule has 2 rings (SSSR count). The summed E-state index contributed by atoms with van der Waals surface area (Å²) in [5, 5.41) is 6.58. The third-order valence-electron chi connectivity index (χ3n) is 2.68. The Morgan fingerprint density at radius 2 is 2.05 bits per heavy atom. The molecule has 0 radical (unpaired) electrons. The molecule has 2 heterocycles. The minimum Gasteiger partial charge on any atom is -0.313 e. The van der Waals surface area contributed by atoms with Crippen LogP contribution in [-0.4, -0.2) is 20.2 Å². The Bertz CT molecular complexity index is 757. The summed E-state index contributed by atoms with van der Waals surface area (Å²) in [4.78, 5) is 26.7. The van der Waals surface area contributed by atoms with E-state index in [9.17, 15) is 18.4 Å². The Kier molecular flexibility index (Phi) is 3.67. The van der Waals surface area contributed by atoms with Crippen molar-refractivity contribution in [1.82, 2.24) is 20.2 Å². The van der Waals surface area contributed by atoms with Crippen LogP contribution in [0.5, 0.6) is 0 Å². The van der Waals surface area contributed by atoms with Crippen LogP contribution in [0.2, 0.25) is 5.15 Å². The van der Waals surface area contributed by atoms with Crippen molar-refractivity contribution in [3.8, 4) is 11.3 Å². The maximum atomic E-state index is 13.7. The standard InChI is InChI=1S/C11H9ClF2N4O2/c1-2-11(13,14)6-3-7(17-18-8(6)12)5-4-15-10(20)16-9(5)19/h3-4H,2H2,1H3,(H2,15,16,19,20). The van der Waals surface area contributed by atoms with Gasteiger partial charge in [-0.05, 0) is 6.07 Å². The van der Waals surface area contributed by atoms with E-state index in [0.717, 1.165) is 12.3 Å². The van der Waals surface area contributed by atoms with Crippen molar-refractivity contribution in [3.05, 3.63) is 43.8 Å². The van der Waals surface area contributed by atoms with Crippen LogP contribution >= 0.6 is 11.6 Å². The summed E-state index contributed by atoms with van der Waals surface area (Å²) in [5.41, 5.74) is -2.16. The lowest BCUT2D eigenvalue weighted by molar-refractivity contribution is -0.00858. The van der Waals surface area contributed by atoms with E-state index in [1.54, 1.807) is 0 Å². The molecule has 0 bridgehead atoms. The van der Waals surface area contributed by atoms with E-state index in [4.69, 9.17) is 11.6 Å². The summed E-state index contributed by atoms with van der Waals surface area (Å²) in [6.45, 7) is 1.29. The molecule has 0 aliphatic heterocycles. The molecule has 106 valence electrons. The van der Waals surface area contributed by atoms with Gasteiger partial charge in [-0.1, -0.05) is 18.5 Å². The molecule has 0 fully saturated rings. The number of hydrogen-bond acceptors (Lipinski definition) is 4. The van der Waals surface area contributed by atoms with Crippen molar-refractivity contribution in [3.63, 3.8) is 0 Å². The lowest BCUT2D eigenvalue weighted by atomic mass is 10.1. The molecule has 0 amide bonds. The van der Waals surface area contributed by atoms with E-state index in [1.807, 2.05) is 4.98 Å². The Morgan fingerprint density at radius 3 is 2.65 bits per heavy atom. The molecule has 2 aromatic heterocycles. The maximum absolute atomic E-state index is 13.7. The number of nitrogens with zero attached hydrogens (tertiary/aromatic N) is 2. The van der Waals surface area contributed by atoms with Gasteiger partial charge in [-0.25, -0.2) is 13.6 Å². The first-order valence-electron chi connectivity index (χ1n) is 5.59. The highest BCUT2D eigenvalue weighted by Gasteiger charge is 2.33. The molecule has 0 saturated heterocycles. The highest BCUT2D eigenvalue weighted by atomic mass is 35.5. The largest absolute Gasteiger partial charge is 0.325 e. The van der Waals surface area contributed by atoms with Gasteiger partial charge in [-0.2, -0.15) is 0 Å². The summed E-state index contributed by atoms with van der Waals surface area (Å²) in [6.07, 6.45) is 0.604. The van der Waals surface area contributed by atoms with Crippen LogP contribution in [-0.2, 0) is 5.92 Å². The second-order valence-corrected chi connectivity index (χ2v) is 4.34. The second-order valence-electron chi connectivity index (χ2n) is 3.98. The summed E-state index contributed by atoms with van der Waals surface area (Å²) >= 11 is 5.61. The topological polar surface area (TPSA) is 91.5 Å². The number of H-pyrrole nitrogens is 2. The second kappa shape index (κ2) is 5.12. The smallest absolute Gasteiger partial charge is 0.313 e. The molecular weight excluding hydrogens is 294 g/mol. The van der Waals surface area contributed by atoms with Crippen LogP contribution in [0.4, 0.5) is 8.78 Å².